The number of hydrogen-bond acceptors (Lipinski definition) is 3. The molecule has 0 aliphatic heterocycles. The van der Waals surface area contributed by atoms with Gasteiger partial charge in [0.05, 0.1) is 0 Å². The van der Waals surface area contributed by atoms with Crippen LogP contribution >= 0.6 is 0 Å². The molecule has 0 heterocycles. The van der Waals surface area contributed by atoms with Crippen LogP contribution in [0.1, 0.15) is 23.3 Å². The summed E-state index contributed by atoms with van der Waals surface area (Å²) in [7, 11) is 3.33. The molecule has 1 N–H and O–H groups in total. The van der Waals surface area contributed by atoms with E-state index in [1.807, 2.05) is 42.5 Å². The van der Waals surface area contributed by atoms with Crippen molar-refractivity contribution in [2.45, 2.75) is 12.2 Å². The zero-order valence-electron chi connectivity index (χ0n) is 11.1. The fraction of sp³-hybridized carbons (Fsp3) is 0.250. The molecule has 2 aromatic rings. The molecule has 0 aliphatic carbocycles. The summed E-state index contributed by atoms with van der Waals surface area (Å²) in [5, 5.41) is 9.35. The van der Waals surface area contributed by atoms with Gasteiger partial charge in [0.1, 0.15) is 18.0 Å². The number of ether oxygens (including phenoxy) is 2. The normalized spacial score (nSPS) is 14.0. The number of rotatable bonds is 5. The lowest BCUT2D eigenvalue weighted by atomic mass is 9.98. The molecule has 0 bridgehead atoms. The second-order valence-corrected chi connectivity index (χ2v) is 4.31. The maximum absolute atomic E-state index is 9.35. The van der Waals surface area contributed by atoms with E-state index in [2.05, 4.69) is 0 Å². The molecule has 0 saturated carbocycles. The third-order valence-corrected chi connectivity index (χ3v) is 3.13. The number of aromatic hydroxyl groups is 1. The molecule has 0 amide bonds. The minimum absolute atomic E-state index is 0.184. The molecule has 0 fully saturated rings. The summed E-state index contributed by atoms with van der Waals surface area (Å²) in [5.74, 6) is 0.243. The van der Waals surface area contributed by atoms with Crippen molar-refractivity contribution in [3.63, 3.8) is 0 Å². The lowest BCUT2D eigenvalue weighted by molar-refractivity contribution is -0.0397. The van der Waals surface area contributed by atoms with E-state index < -0.39 is 0 Å². The van der Waals surface area contributed by atoms with Gasteiger partial charge in [-0.25, -0.2) is 0 Å². The molecule has 2 rings (SSSR count). The third-order valence-electron chi connectivity index (χ3n) is 3.13. The van der Waals surface area contributed by atoms with Gasteiger partial charge in [0, 0.05) is 14.2 Å². The van der Waals surface area contributed by atoms with E-state index in [4.69, 9.17) is 9.47 Å². The zero-order valence-corrected chi connectivity index (χ0v) is 11.1. The Balaban J connectivity index is 2.31. The van der Waals surface area contributed by atoms with Crippen molar-refractivity contribution in [3.05, 3.63) is 65.7 Å². The van der Waals surface area contributed by atoms with E-state index in [0.717, 1.165) is 11.1 Å². The molecule has 0 aromatic heterocycles. The first-order chi connectivity index (χ1) is 9.26. The van der Waals surface area contributed by atoms with E-state index >= 15 is 0 Å². The molecular formula is C16H18O3. The van der Waals surface area contributed by atoms with Crippen LogP contribution in [0.4, 0.5) is 0 Å². The number of phenolic OH excluding ortho intramolecular Hbond substituents is 1. The average molecular weight is 258 g/mol. The Bertz CT molecular complexity index is 493. The minimum atomic E-state index is -0.215. The van der Waals surface area contributed by atoms with E-state index in [1.54, 1.807) is 26.4 Å². The van der Waals surface area contributed by atoms with Crippen molar-refractivity contribution in [3.8, 4) is 5.75 Å². The van der Waals surface area contributed by atoms with Gasteiger partial charge in [-0.1, -0.05) is 42.5 Å². The Morgan fingerprint density at radius 1 is 0.737 bits per heavy atom. The van der Waals surface area contributed by atoms with E-state index in [-0.39, 0.29) is 18.0 Å². The van der Waals surface area contributed by atoms with Gasteiger partial charge in [0.25, 0.3) is 0 Å². The minimum Gasteiger partial charge on any atom is -0.508 e. The third kappa shape index (κ3) is 3.13. The van der Waals surface area contributed by atoms with Crippen LogP contribution in [0, 0.1) is 0 Å². The van der Waals surface area contributed by atoms with Gasteiger partial charge in [-0.3, -0.25) is 0 Å². The molecule has 2 unspecified atom stereocenters. The molecule has 100 valence electrons. The number of benzene rings is 2. The monoisotopic (exact) mass is 258 g/mol. The summed E-state index contributed by atoms with van der Waals surface area (Å²) in [6.45, 7) is 0. The highest BCUT2D eigenvalue weighted by molar-refractivity contribution is 5.30. The molecule has 0 spiro atoms. The van der Waals surface area contributed by atoms with Gasteiger partial charge in [-0.05, 0) is 23.3 Å². The van der Waals surface area contributed by atoms with Gasteiger partial charge in [-0.15, -0.1) is 0 Å². The molecule has 3 heteroatoms. The van der Waals surface area contributed by atoms with Crippen molar-refractivity contribution in [2.24, 2.45) is 0 Å². The lowest BCUT2D eigenvalue weighted by Crippen LogP contribution is -2.15. The van der Waals surface area contributed by atoms with Crippen molar-refractivity contribution in [2.75, 3.05) is 14.2 Å². The van der Waals surface area contributed by atoms with Gasteiger partial charge in [-0.2, -0.15) is 0 Å². The van der Waals surface area contributed by atoms with Crippen LogP contribution in [0.2, 0.25) is 0 Å². The predicted molar refractivity (Wildman–Crippen MR) is 74.0 cm³/mol. The smallest absolute Gasteiger partial charge is 0.115 e. The summed E-state index contributed by atoms with van der Waals surface area (Å²) >= 11 is 0. The van der Waals surface area contributed by atoms with Gasteiger partial charge in [0.15, 0.2) is 0 Å². The molecule has 3 nitrogen and oxygen atoms in total. The summed E-state index contributed by atoms with van der Waals surface area (Å²) in [5.41, 5.74) is 2.03. The molecular weight excluding hydrogens is 240 g/mol. The van der Waals surface area contributed by atoms with Crippen LogP contribution in [-0.4, -0.2) is 19.3 Å². The highest BCUT2D eigenvalue weighted by Gasteiger charge is 2.24. The fourth-order valence-electron chi connectivity index (χ4n) is 2.18. The first-order valence-corrected chi connectivity index (χ1v) is 6.15. The van der Waals surface area contributed by atoms with E-state index in [0.29, 0.717) is 0 Å². The Labute approximate surface area is 113 Å². The van der Waals surface area contributed by atoms with Crippen LogP contribution < -0.4 is 0 Å². The second-order valence-electron chi connectivity index (χ2n) is 4.31. The zero-order chi connectivity index (χ0) is 13.7. The summed E-state index contributed by atoms with van der Waals surface area (Å²) in [6.07, 6.45) is -0.399. The standard InChI is InChI=1S/C16H18O3/c1-18-15(12-6-4-3-5-7-12)16(19-2)13-8-10-14(17)11-9-13/h3-11,15-17H,1-2H3. The molecule has 0 saturated heterocycles. The number of hydrogen-bond donors (Lipinski definition) is 1. The maximum Gasteiger partial charge on any atom is 0.115 e. The summed E-state index contributed by atoms with van der Waals surface area (Å²) in [6, 6.07) is 16.9. The van der Waals surface area contributed by atoms with Crippen LogP contribution in [0.5, 0.6) is 5.75 Å². The second kappa shape index (κ2) is 6.36. The van der Waals surface area contributed by atoms with E-state index in [9.17, 15) is 5.11 Å². The average Bonchev–Trinajstić information content (AvgIpc) is 2.47. The van der Waals surface area contributed by atoms with Crippen LogP contribution in [0.25, 0.3) is 0 Å². The Morgan fingerprint density at radius 3 is 1.68 bits per heavy atom. The molecule has 0 aliphatic rings. The SMILES string of the molecule is COC(c1ccccc1)C(OC)c1ccc(O)cc1. The Morgan fingerprint density at radius 2 is 1.21 bits per heavy atom. The summed E-state index contributed by atoms with van der Waals surface area (Å²) in [4.78, 5) is 0. The topological polar surface area (TPSA) is 38.7 Å². The molecule has 2 atom stereocenters. The van der Waals surface area contributed by atoms with Crippen LogP contribution in [-0.2, 0) is 9.47 Å². The van der Waals surface area contributed by atoms with E-state index in [1.165, 1.54) is 0 Å². The number of methoxy groups -OCH3 is 2. The first kappa shape index (κ1) is 13.6. The summed E-state index contributed by atoms with van der Waals surface area (Å²) < 4.78 is 11.2. The van der Waals surface area contributed by atoms with Crippen LogP contribution in [0.15, 0.2) is 54.6 Å². The van der Waals surface area contributed by atoms with Crippen molar-refractivity contribution in [1.82, 2.24) is 0 Å². The van der Waals surface area contributed by atoms with Crippen LogP contribution in [0.3, 0.4) is 0 Å². The molecule has 2 aromatic carbocycles. The van der Waals surface area contributed by atoms with Gasteiger partial charge in [0.2, 0.25) is 0 Å². The van der Waals surface area contributed by atoms with Gasteiger partial charge < -0.3 is 14.6 Å². The lowest BCUT2D eigenvalue weighted by Gasteiger charge is -2.25. The van der Waals surface area contributed by atoms with Crippen molar-refractivity contribution < 1.29 is 14.6 Å². The van der Waals surface area contributed by atoms with Crippen molar-refractivity contribution >= 4 is 0 Å². The fourth-order valence-corrected chi connectivity index (χ4v) is 2.18. The predicted octanol–water partition coefficient (Wildman–Crippen LogP) is 3.47. The van der Waals surface area contributed by atoms with Crippen molar-refractivity contribution in [1.29, 1.82) is 0 Å². The Kier molecular flexibility index (Phi) is 4.55. The molecule has 19 heavy (non-hydrogen) atoms. The van der Waals surface area contributed by atoms with Gasteiger partial charge >= 0.3 is 0 Å². The number of phenols is 1. The molecule has 0 radical (unpaired) electrons. The Hall–Kier alpha value is -1.84. The highest BCUT2D eigenvalue weighted by atomic mass is 16.5. The quantitative estimate of drug-likeness (QED) is 0.892. The largest absolute Gasteiger partial charge is 0.508 e. The first-order valence-electron chi connectivity index (χ1n) is 6.15. The maximum atomic E-state index is 9.35. The highest BCUT2D eigenvalue weighted by Crippen LogP contribution is 2.34.